The highest BCUT2D eigenvalue weighted by Crippen LogP contribution is 2.22. The van der Waals surface area contributed by atoms with E-state index in [-0.39, 0.29) is 0 Å². The van der Waals surface area contributed by atoms with Gasteiger partial charge in [0.25, 0.3) is 0 Å². The Bertz CT molecular complexity index is 881. The molecule has 0 unspecified atom stereocenters. The summed E-state index contributed by atoms with van der Waals surface area (Å²) in [6, 6.07) is 6.10. The van der Waals surface area contributed by atoms with E-state index in [1.54, 1.807) is 0 Å². The van der Waals surface area contributed by atoms with E-state index >= 15 is 0 Å². The highest BCUT2D eigenvalue weighted by Gasteiger charge is 2.23. The van der Waals surface area contributed by atoms with E-state index in [1.807, 2.05) is 48.8 Å². The van der Waals surface area contributed by atoms with Gasteiger partial charge in [0.1, 0.15) is 5.82 Å². The molecule has 0 bridgehead atoms. The lowest BCUT2D eigenvalue weighted by Crippen LogP contribution is -2.45. The third-order valence-electron chi connectivity index (χ3n) is 4.27. The molecule has 6 nitrogen and oxygen atoms in total. The van der Waals surface area contributed by atoms with Gasteiger partial charge in [0.05, 0.1) is 17.1 Å². The number of pyridine rings is 1. The highest BCUT2D eigenvalue weighted by atomic mass is 15.3. The van der Waals surface area contributed by atoms with Gasteiger partial charge in [-0.15, -0.1) is 5.10 Å². The molecule has 0 saturated carbocycles. The molecular formula is C18H20N6. The SMILES string of the molecule is Cc1ncc(C)n2nc(C=Cc3cccc(N4CC(C)C4)n3)nc12. The molecule has 3 aromatic heterocycles. The Balaban J connectivity index is 1.60. The number of aryl methyl sites for hydroxylation is 2. The molecule has 0 aliphatic carbocycles. The minimum Gasteiger partial charge on any atom is -0.356 e. The fourth-order valence-electron chi connectivity index (χ4n) is 2.94. The van der Waals surface area contributed by atoms with Gasteiger partial charge in [-0.2, -0.15) is 0 Å². The zero-order valence-electron chi connectivity index (χ0n) is 14.1. The second-order valence-electron chi connectivity index (χ2n) is 6.45. The first kappa shape index (κ1) is 14.8. The highest BCUT2D eigenvalue weighted by molar-refractivity contribution is 5.66. The van der Waals surface area contributed by atoms with E-state index in [9.17, 15) is 0 Å². The van der Waals surface area contributed by atoms with Crippen molar-refractivity contribution in [3.63, 3.8) is 0 Å². The van der Waals surface area contributed by atoms with Crippen LogP contribution in [-0.4, -0.2) is 37.7 Å². The molecule has 6 heteroatoms. The molecule has 0 aromatic carbocycles. The van der Waals surface area contributed by atoms with Gasteiger partial charge >= 0.3 is 0 Å². The first-order valence-corrected chi connectivity index (χ1v) is 8.19. The Morgan fingerprint density at radius 3 is 2.71 bits per heavy atom. The van der Waals surface area contributed by atoms with Gasteiger partial charge in [-0.3, -0.25) is 4.98 Å². The lowest BCUT2D eigenvalue weighted by molar-refractivity contribution is 0.443. The quantitative estimate of drug-likeness (QED) is 0.742. The Labute approximate surface area is 140 Å². The van der Waals surface area contributed by atoms with E-state index in [0.29, 0.717) is 5.82 Å². The molecule has 122 valence electrons. The van der Waals surface area contributed by atoms with Gasteiger partial charge in [0.2, 0.25) is 0 Å². The predicted molar refractivity (Wildman–Crippen MR) is 94.8 cm³/mol. The van der Waals surface area contributed by atoms with Crippen LogP contribution < -0.4 is 4.90 Å². The normalized spacial score (nSPS) is 15.4. The van der Waals surface area contributed by atoms with Crippen molar-refractivity contribution < 1.29 is 0 Å². The first-order valence-electron chi connectivity index (χ1n) is 8.19. The molecular weight excluding hydrogens is 300 g/mol. The summed E-state index contributed by atoms with van der Waals surface area (Å²) in [6.45, 7) is 8.34. The summed E-state index contributed by atoms with van der Waals surface area (Å²) in [4.78, 5) is 15.9. The maximum absolute atomic E-state index is 4.70. The Hall–Kier alpha value is -2.76. The molecule has 0 amide bonds. The van der Waals surface area contributed by atoms with Gasteiger partial charge in [0, 0.05) is 19.3 Å². The Morgan fingerprint density at radius 2 is 1.96 bits per heavy atom. The number of anilines is 1. The molecule has 4 heterocycles. The third kappa shape index (κ3) is 2.64. The summed E-state index contributed by atoms with van der Waals surface area (Å²) in [6.07, 6.45) is 5.67. The lowest BCUT2D eigenvalue weighted by atomic mass is 10.0. The summed E-state index contributed by atoms with van der Waals surface area (Å²) in [5.41, 5.74) is 3.55. The Kier molecular flexibility index (Phi) is 3.52. The van der Waals surface area contributed by atoms with Crippen LogP contribution >= 0.6 is 0 Å². The van der Waals surface area contributed by atoms with Crippen molar-refractivity contribution in [1.82, 2.24) is 24.6 Å². The van der Waals surface area contributed by atoms with Gasteiger partial charge < -0.3 is 4.90 Å². The molecule has 3 aromatic rings. The fraction of sp³-hybridized carbons (Fsp3) is 0.333. The van der Waals surface area contributed by atoms with E-state index in [1.165, 1.54) is 0 Å². The van der Waals surface area contributed by atoms with Crippen molar-refractivity contribution in [1.29, 1.82) is 0 Å². The van der Waals surface area contributed by atoms with Crippen molar-refractivity contribution in [2.75, 3.05) is 18.0 Å². The van der Waals surface area contributed by atoms with Crippen molar-refractivity contribution in [2.24, 2.45) is 5.92 Å². The summed E-state index contributed by atoms with van der Waals surface area (Å²) < 4.78 is 1.83. The van der Waals surface area contributed by atoms with E-state index in [2.05, 4.69) is 33.0 Å². The molecule has 0 radical (unpaired) electrons. The monoisotopic (exact) mass is 320 g/mol. The summed E-state index contributed by atoms with van der Waals surface area (Å²) in [5, 5.41) is 4.52. The summed E-state index contributed by atoms with van der Waals surface area (Å²) >= 11 is 0. The average Bonchev–Trinajstić information content (AvgIpc) is 2.99. The molecule has 1 aliphatic heterocycles. The zero-order chi connectivity index (χ0) is 16.7. The van der Waals surface area contributed by atoms with E-state index in [4.69, 9.17) is 4.98 Å². The van der Waals surface area contributed by atoms with Crippen LogP contribution in [-0.2, 0) is 0 Å². The smallest absolute Gasteiger partial charge is 0.177 e. The van der Waals surface area contributed by atoms with Gasteiger partial charge in [0.15, 0.2) is 11.5 Å². The number of fused-ring (bicyclic) bond motifs is 1. The molecule has 0 atom stereocenters. The number of hydrogen-bond acceptors (Lipinski definition) is 5. The second kappa shape index (κ2) is 5.70. The van der Waals surface area contributed by atoms with Crippen LogP contribution in [0.4, 0.5) is 5.82 Å². The van der Waals surface area contributed by atoms with Gasteiger partial charge in [-0.05, 0) is 44.1 Å². The van der Waals surface area contributed by atoms with E-state index < -0.39 is 0 Å². The number of aromatic nitrogens is 5. The van der Waals surface area contributed by atoms with Crippen molar-refractivity contribution in [2.45, 2.75) is 20.8 Å². The first-order chi connectivity index (χ1) is 11.6. The zero-order valence-corrected chi connectivity index (χ0v) is 14.1. The maximum Gasteiger partial charge on any atom is 0.177 e. The van der Waals surface area contributed by atoms with Crippen molar-refractivity contribution >= 4 is 23.6 Å². The summed E-state index contributed by atoms with van der Waals surface area (Å²) in [5.74, 6) is 2.46. The van der Waals surface area contributed by atoms with Crippen LogP contribution in [0.25, 0.3) is 17.8 Å². The average molecular weight is 320 g/mol. The molecule has 1 saturated heterocycles. The standard InChI is InChI=1S/C18H20N6/c1-12-10-23(11-12)17-6-4-5-15(20-17)7-8-16-21-18-14(3)19-9-13(2)24(18)22-16/h4-9,12H,10-11H2,1-3H3. The van der Waals surface area contributed by atoms with Crippen LogP contribution in [0.1, 0.15) is 29.8 Å². The molecule has 0 spiro atoms. The van der Waals surface area contributed by atoms with Crippen molar-refractivity contribution in [3.05, 3.63) is 47.3 Å². The minimum atomic E-state index is 0.666. The second-order valence-corrected chi connectivity index (χ2v) is 6.45. The third-order valence-corrected chi connectivity index (χ3v) is 4.27. The molecule has 0 N–H and O–H groups in total. The van der Waals surface area contributed by atoms with Crippen LogP contribution in [0.2, 0.25) is 0 Å². The Morgan fingerprint density at radius 1 is 1.12 bits per heavy atom. The lowest BCUT2D eigenvalue weighted by Gasteiger charge is -2.38. The maximum atomic E-state index is 4.70. The van der Waals surface area contributed by atoms with Crippen molar-refractivity contribution in [3.8, 4) is 0 Å². The number of nitrogens with zero attached hydrogens (tertiary/aromatic N) is 6. The van der Waals surface area contributed by atoms with Crippen LogP contribution in [0.3, 0.4) is 0 Å². The van der Waals surface area contributed by atoms with E-state index in [0.717, 1.165) is 47.6 Å². The predicted octanol–water partition coefficient (Wildman–Crippen LogP) is 2.76. The number of hydrogen-bond donors (Lipinski definition) is 0. The van der Waals surface area contributed by atoms with Crippen LogP contribution in [0.15, 0.2) is 24.4 Å². The largest absolute Gasteiger partial charge is 0.356 e. The van der Waals surface area contributed by atoms with Gasteiger partial charge in [-0.25, -0.2) is 14.5 Å². The molecule has 1 aliphatic rings. The fourth-order valence-corrected chi connectivity index (χ4v) is 2.94. The topological polar surface area (TPSA) is 59.2 Å². The van der Waals surface area contributed by atoms with Gasteiger partial charge in [-0.1, -0.05) is 13.0 Å². The molecule has 24 heavy (non-hydrogen) atoms. The van der Waals surface area contributed by atoms with Crippen LogP contribution in [0, 0.1) is 19.8 Å². The van der Waals surface area contributed by atoms with Crippen LogP contribution in [0.5, 0.6) is 0 Å². The number of rotatable bonds is 3. The summed E-state index contributed by atoms with van der Waals surface area (Å²) in [7, 11) is 0. The minimum absolute atomic E-state index is 0.666. The molecule has 4 rings (SSSR count). The molecule has 1 fully saturated rings.